The van der Waals surface area contributed by atoms with Gasteiger partial charge in [0.2, 0.25) is 0 Å². The minimum absolute atomic E-state index is 0.0471. The zero-order valence-electron chi connectivity index (χ0n) is 16.7. The van der Waals surface area contributed by atoms with E-state index < -0.39 is 5.60 Å². The van der Waals surface area contributed by atoms with Crippen molar-refractivity contribution in [1.29, 1.82) is 0 Å². The van der Waals surface area contributed by atoms with Crippen LogP contribution in [-0.2, 0) is 0 Å². The molecule has 1 unspecified atom stereocenters. The van der Waals surface area contributed by atoms with Crippen molar-refractivity contribution in [3.63, 3.8) is 0 Å². The van der Waals surface area contributed by atoms with Gasteiger partial charge >= 0.3 is 0 Å². The van der Waals surface area contributed by atoms with Crippen LogP contribution in [0.5, 0.6) is 17.2 Å². The molecule has 0 radical (unpaired) electrons. The molecule has 2 aliphatic rings. The summed E-state index contributed by atoms with van der Waals surface area (Å²) in [7, 11) is 0. The van der Waals surface area contributed by atoms with E-state index in [1.807, 2.05) is 12.1 Å². The molecular formula is C25H20FNO4. The molecular weight excluding hydrogens is 397 g/mol. The third kappa shape index (κ3) is 3.77. The minimum Gasteiger partial charge on any atom is -0.484 e. The Labute approximate surface area is 179 Å². The van der Waals surface area contributed by atoms with Crippen LogP contribution in [0, 0.1) is 5.82 Å². The highest BCUT2D eigenvalue weighted by Crippen LogP contribution is 2.39. The van der Waals surface area contributed by atoms with Crippen molar-refractivity contribution >= 4 is 11.7 Å². The normalized spacial score (nSPS) is 19.8. The molecule has 1 saturated heterocycles. The number of likely N-dealkylation sites (tertiary alicyclic amines) is 1. The maximum Gasteiger partial charge on any atom is 0.254 e. The quantitative estimate of drug-likeness (QED) is 0.610. The number of rotatable bonds is 3. The second kappa shape index (κ2) is 7.54. The minimum atomic E-state index is -0.677. The van der Waals surface area contributed by atoms with Gasteiger partial charge in [-0.15, -0.1) is 0 Å². The zero-order chi connectivity index (χ0) is 21.4. The van der Waals surface area contributed by atoms with Gasteiger partial charge in [-0.05, 0) is 54.6 Å². The molecule has 1 fully saturated rings. The first-order valence-electron chi connectivity index (χ1n) is 10.2. The number of ether oxygens (including phenoxy) is 2. The van der Waals surface area contributed by atoms with Crippen LogP contribution in [0.25, 0.3) is 0 Å². The van der Waals surface area contributed by atoms with Crippen LogP contribution in [0.3, 0.4) is 0 Å². The van der Waals surface area contributed by atoms with Crippen molar-refractivity contribution in [3.8, 4) is 17.2 Å². The van der Waals surface area contributed by atoms with Crippen LogP contribution in [0.15, 0.2) is 72.8 Å². The molecule has 2 aliphatic heterocycles. The molecule has 31 heavy (non-hydrogen) atoms. The SMILES string of the molecule is O=C1CC2(CCN(C(=O)c3cccc(Oc4ccc(F)cc4)c3)C2)Oc2ccccc21. The number of hydrogen-bond acceptors (Lipinski definition) is 4. The predicted octanol–water partition coefficient (Wildman–Crippen LogP) is 4.87. The number of amides is 1. The number of benzene rings is 3. The molecule has 0 aliphatic carbocycles. The molecule has 1 atom stereocenters. The summed E-state index contributed by atoms with van der Waals surface area (Å²) in [5, 5.41) is 0. The number of carbonyl (C=O) groups excluding carboxylic acids is 2. The number of Topliss-reactive ketones (excluding diaryl/α,β-unsaturated/α-hetero) is 1. The molecule has 1 amide bonds. The number of ketones is 1. The lowest BCUT2D eigenvalue weighted by Crippen LogP contribution is -2.45. The average molecular weight is 417 g/mol. The molecule has 3 aromatic rings. The number of hydrogen-bond donors (Lipinski definition) is 0. The molecule has 3 aromatic carbocycles. The summed E-state index contributed by atoms with van der Waals surface area (Å²) in [4.78, 5) is 27.5. The number of fused-ring (bicyclic) bond motifs is 1. The van der Waals surface area contributed by atoms with Crippen molar-refractivity contribution < 1.29 is 23.5 Å². The van der Waals surface area contributed by atoms with Gasteiger partial charge in [0.15, 0.2) is 5.78 Å². The maximum absolute atomic E-state index is 13.1. The first kappa shape index (κ1) is 19.3. The highest BCUT2D eigenvalue weighted by Gasteiger charge is 2.47. The monoisotopic (exact) mass is 417 g/mol. The first-order chi connectivity index (χ1) is 15.0. The molecule has 0 aromatic heterocycles. The van der Waals surface area contributed by atoms with Gasteiger partial charge < -0.3 is 14.4 Å². The van der Waals surface area contributed by atoms with E-state index in [0.29, 0.717) is 47.9 Å². The van der Waals surface area contributed by atoms with E-state index in [4.69, 9.17) is 9.47 Å². The Bertz CT molecular complexity index is 1160. The smallest absolute Gasteiger partial charge is 0.254 e. The standard InChI is InChI=1S/C25H20FNO4/c26-18-8-10-19(11-9-18)30-20-5-3-4-17(14-20)24(29)27-13-12-25(16-27)15-22(28)21-6-1-2-7-23(21)31-25/h1-11,14H,12-13,15-16H2. The summed E-state index contributed by atoms with van der Waals surface area (Å²) in [5.41, 5.74) is 0.409. The molecule has 0 saturated carbocycles. The van der Waals surface area contributed by atoms with E-state index in [-0.39, 0.29) is 23.9 Å². The summed E-state index contributed by atoms with van der Waals surface area (Å²) < 4.78 is 25.0. The molecule has 0 bridgehead atoms. The molecule has 5 nitrogen and oxygen atoms in total. The van der Waals surface area contributed by atoms with E-state index in [2.05, 4.69) is 0 Å². The number of halogens is 1. The Balaban J connectivity index is 1.31. The second-order valence-corrected chi connectivity index (χ2v) is 7.94. The van der Waals surface area contributed by atoms with Gasteiger partial charge in [0.1, 0.15) is 28.7 Å². The lowest BCUT2D eigenvalue weighted by molar-refractivity contribution is 0.0428. The van der Waals surface area contributed by atoms with E-state index in [0.717, 1.165) is 0 Å². The fraction of sp³-hybridized carbons (Fsp3) is 0.200. The molecule has 2 heterocycles. The lowest BCUT2D eigenvalue weighted by Gasteiger charge is -2.34. The summed E-state index contributed by atoms with van der Waals surface area (Å²) >= 11 is 0. The fourth-order valence-corrected chi connectivity index (χ4v) is 4.20. The Hall–Kier alpha value is -3.67. The lowest BCUT2D eigenvalue weighted by atomic mass is 9.89. The van der Waals surface area contributed by atoms with Crippen molar-refractivity contribution in [1.82, 2.24) is 4.90 Å². The summed E-state index contributed by atoms with van der Waals surface area (Å²) in [5.74, 6) is 1.12. The van der Waals surface area contributed by atoms with Crippen molar-refractivity contribution in [3.05, 3.63) is 89.7 Å². The number of carbonyl (C=O) groups is 2. The average Bonchev–Trinajstić information content (AvgIpc) is 3.18. The van der Waals surface area contributed by atoms with Gasteiger partial charge in [0.05, 0.1) is 18.5 Å². The molecule has 156 valence electrons. The summed E-state index contributed by atoms with van der Waals surface area (Å²) in [6.07, 6.45) is 0.867. The fourth-order valence-electron chi connectivity index (χ4n) is 4.20. The van der Waals surface area contributed by atoms with Crippen LogP contribution < -0.4 is 9.47 Å². The first-order valence-corrected chi connectivity index (χ1v) is 10.2. The van der Waals surface area contributed by atoms with Gasteiger partial charge in [-0.3, -0.25) is 9.59 Å². The Morgan fingerprint density at radius 3 is 2.65 bits per heavy atom. The molecule has 0 N–H and O–H groups in total. The van der Waals surface area contributed by atoms with Gasteiger partial charge in [-0.1, -0.05) is 18.2 Å². The van der Waals surface area contributed by atoms with Crippen molar-refractivity contribution in [2.45, 2.75) is 18.4 Å². The highest BCUT2D eigenvalue weighted by atomic mass is 19.1. The Morgan fingerprint density at radius 1 is 1.00 bits per heavy atom. The molecule has 1 spiro atoms. The van der Waals surface area contributed by atoms with Gasteiger partial charge in [-0.25, -0.2) is 4.39 Å². The zero-order valence-corrected chi connectivity index (χ0v) is 16.7. The van der Waals surface area contributed by atoms with E-state index in [1.165, 1.54) is 24.3 Å². The van der Waals surface area contributed by atoms with E-state index in [9.17, 15) is 14.0 Å². The third-order valence-corrected chi connectivity index (χ3v) is 5.73. The predicted molar refractivity (Wildman–Crippen MR) is 112 cm³/mol. The van der Waals surface area contributed by atoms with Gasteiger partial charge in [-0.2, -0.15) is 0 Å². The van der Waals surface area contributed by atoms with Crippen LogP contribution in [0.4, 0.5) is 4.39 Å². The highest BCUT2D eigenvalue weighted by molar-refractivity contribution is 6.00. The summed E-state index contributed by atoms with van der Waals surface area (Å²) in [6, 6.07) is 19.8. The maximum atomic E-state index is 13.1. The third-order valence-electron chi connectivity index (χ3n) is 5.73. The van der Waals surface area contributed by atoms with Gasteiger partial charge in [0.25, 0.3) is 5.91 Å². The van der Waals surface area contributed by atoms with E-state index in [1.54, 1.807) is 41.3 Å². The second-order valence-electron chi connectivity index (χ2n) is 7.94. The number of nitrogens with zero attached hydrogens (tertiary/aromatic N) is 1. The Morgan fingerprint density at radius 2 is 1.81 bits per heavy atom. The largest absolute Gasteiger partial charge is 0.484 e. The van der Waals surface area contributed by atoms with Crippen molar-refractivity contribution in [2.75, 3.05) is 13.1 Å². The molecule has 5 rings (SSSR count). The summed E-state index contributed by atoms with van der Waals surface area (Å²) in [6.45, 7) is 0.867. The molecule has 6 heteroatoms. The van der Waals surface area contributed by atoms with Crippen molar-refractivity contribution in [2.24, 2.45) is 0 Å². The van der Waals surface area contributed by atoms with Gasteiger partial charge in [0, 0.05) is 18.5 Å². The van der Waals surface area contributed by atoms with E-state index >= 15 is 0 Å². The van der Waals surface area contributed by atoms with Crippen LogP contribution >= 0.6 is 0 Å². The van der Waals surface area contributed by atoms with Crippen LogP contribution in [-0.4, -0.2) is 35.3 Å². The Kier molecular flexibility index (Phi) is 4.70. The number of para-hydroxylation sites is 1. The van der Waals surface area contributed by atoms with Crippen LogP contribution in [0.1, 0.15) is 33.6 Å². The topological polar surface area (TPSA) is 55.8 Å². The van der Waals surface area contributed by atoms with Crippen LogP contribution in [0.2, 0.25) is 0 Å².